The van der Waals surface area contributed by atoms with Crippen molar-refractivity contribution in [3.8, 4) is 0 Å². The third-order valence-electron chi connectivity index (χ3n) is 4.15. The summed E-state index contributed by atoms with van der Waals surface area (Å²) in [7, 11) is 0. The zero-order valence-corrected chi connectivity index (χ0v) is 14.1. The van der Waals surface area contributed by atoms with E-state index < -0.39 is 29.9 Å². The van der Waals surface area contributed by atoms with Gasteiger partial charge >= 0.3 is 12.0 Å². The van der Waals surface area contributed by atoms with E-state index in [2.05, 4.69) is 15.4 Å². The summed E-state index contributed by atoms with van der Waals surface area (Å²) < 4.78 is 0. The molecule has 3 atom stereocenters. The predicted molar refractivity (Wildman–Crippen MR) is 91.4 cm³/mol. The van der Waals surface area contributed by atoms with Gasteiger partial charge in [0.15, 0.2) is 6.04 Å². The highest BCUT2D eigenvalue weighted by molar-refractivity contribution is 6.07. The highest BCUT2D eigenvalue weighted by Gasteiger charge is 2.54. The molecule has 138 valence electrons. The van der Waals surface area contributed by atoms with Crippen molar-refractivity contribution < 1.29 is 19.5 Å². The molecule has 0 unspecified atom stereocenters. The molecule has 5 N–H and O–H groups in total. The highest BCUT2D eigenvalue weighted by atomic mass is 16.4. The van der Waals surface area contributed by atoms with Gasteiger partial charge in [-0.2, -0.15) is 0 Å². The van der Waals surface area contributed by atoms with Gasteiger partial charge in [-0.05, 0) is 18.9 Å². The molecule has 0 spiro atoms. The molecule has 0 aliphatic carbocycles. The molecule has 1 aromatic rings. The normalized spacial score (nSPS) is 20.9. The van der Waals surface area contributed by atoms with Crippen molar-refractivity contribution in [1.82, 2.24) is 10.2 Å². The Morgan fingerprint density at radius 2 is 2.04 bits per heavy atom. The van der Waals surface area contributed by atoms with Crippen molar-refractivity contribution in [2.45, 2.75) is 25.4 Å². The van der Waals surface area contributed by atoms with Crippen molar-refractivity contribution in [3.05, 3.63) is 35.9 Å². The lowest BCUT2D eigenvalue weighted by Crippen LogP contribution is -2.68. The van der Waals surface area contributed by atoms with E-state index >= 15 is 0 Å². The number of carbonyl (C=O) groups excluding carboxylic acids is 2. The van der Waals surface area contributed by atoms with Gasteiger partial charge < -0.3 is 16.2 Å². The highest BCUT2D eigenvalue weighted by Crippen LogP contribution is 2.30. The van der Waals surface area contributed by atoms with E-state index in [-0.39, 0.29) is 25.0 Å². The fourth-order valence-electron chi connectivity index (χ4n) is 2.77. The average molecular weight is 360 g/mol. The van der Waals surface area contributed by atoms with Crippen LogP contribution in [0.1, 0.15) is 24.9 Å². The number of hydrogen-bond acceptors (Lipinski definition) is 5. The van der Waals surface area contributed by atoms with Crippen LogP contribution in [-0.4, -0.2) is 46.5 Å². The second kappa shape index (κ2) is 8.19. The Morgan fingerprint density at radius 3 is 2.62 bits per heavy atom. The lowest BCUT2D eigenvalue weighted by molar-refractivity contribution is -0.165. The number of carboxylic acids is 1. The SMILES string of the molecule is C[C@@H](NC(=O)N1C(=O)[C@H](CCN=C(N)N=N)[C@H]1C(=O)O)c1ccccc1. The molecule has 10 heteroatoms. The number of benzene rings is 1. The molecule has 3 amide bonds. The summed E-state index contributed by atoms with van der Waals surface area (Å²) in [5, 5.41) is 14.9. The number of likely N-dealkylation sites (tertiary alicyclic amines) is 1. The lowest BCUT2D eigenvalue weighted by Gasteiger charge is -2.43. The summed E-state index contributed by atoms with van der Waals surface area (Å²) in [5.41, 5.74) is 12.8. The molecular weight excluding hydrogens is 340 g/mol. The minimum absolute atomic E-state index is 0.0459. The van der Waals surface area contributed by atoms with E-state index in [1.807, 2.05) is 30.3 Å². The van der Waals surface area contributed by atoms with Crippen LogP contribution in [0.25, 0.3) is 0 Å². The maximum Gasteiger partial charge on any atom is 0.327 e. The van der Waals surface area contributed by atoms with E-state index in [0.29, 0.717) is 4.90 Å². The molecular formula is C16H20N6O4. The van der Waals surface area contributed by atoms with Crippen LogP contribution in [0.3, 0.4) is 0 Å². The molecule has 0 saturated carbocycles. The summed E-state index contributed by atoms with van der Waals surface area (Å²) in [5.74, 6) is -2.96. The zero-order chi connectivity index (χ0) is 19.3. The molecule has 0 aromatic heterocycles. The number of urea groups is 1. The van der Waals surface area contributed by atoms with Gasteiger partial charge in [-0.25, -0.2) is 20.0 Å². The Hall–Kier alpha value is -3.30. The molecule has 0 bridgehead atoms. The Labute approximate surface area is 149 Å². The van der Waals surface area contributed by atoms with Gasteiger partial charge in [-0.15, -0.1) is 5.11 Å². The maximum atomic E-state index is 12.4. The second-order valence-electron chi connectivity index (χ2n) is 5.82. The van der Waals surface area contributed by atoms with Crippen molar-refractivity contribution in [2.75, 3.05) is 6.54 Å². The minimum Gasteiger partial charge on any atom is -0.480 e. The standard InChI is InChI=1S/C16H20N6O4/c1-9(10-5-3-2-4-6-10)20-16(26)22-12(14(24)25)11(13(22)23)7-8-19-15(17)21-18/h2-6,9,11-12,18H,7-8H2,1H3,(H2,17,19)(H,20,26)(H,24,25)/t9-,11-,12+/m1/s1. The molecule has 1 aliphatic heterocycles. The largest absolute Gasteiger partial charge is 0.480 e. The number of nitrogens with zero attached hydrogens (tertiary/aromatic N) is 3. The number of aliphatic imine (C=N–C) groups is 1. The quantitative estimate of drug-likeness (QED) is 0.258. The summed E-state index contributed by atoms with van der Waals surface area (Å²) >= 11 is 0. The van der Waals surface area contributed by atoms with Crippen LogP contribution in [0.2, 0.25) is 0 Å². The number of nitrogens with one attached hydrogen (secondary N) is 2. The first-order valence-corrected chi connectivity index (χ1v) is 7.95. The Bertz CT molecular complexity index is 736. The molecule has 1 aliphatic rings. The van der Waals surface area contributed by atoms with Crippen molar-refractivity contribution in [3.63, 3.8) is 0 Å². The van der Waals surface area contributed by atoms with Gasteiger partial charge in [0.1, 0.15) is 0 Å². The third-order valence-corrected chi connectivity index (χ3v) is 4.15. The summed E-state index contributed by atoms with van der Waals surface area (Å²) in [6.45, 7) is 1.79. The van der Waals surface area contributed by atoms with Gasteiger partial charge in [0.2, 0.25) is 11.9 Å². The second-order valence-corrected chi connectivity index (χ2v) is 5.82. The average Bonchev–Trinajstić information content (AvgIpc) is 2.62. The number of rotatable bonds is 6. The van der Waals surface area contributed by atoms with E-state index in [4.69, 9.17) is 11.3 Å². The fourth-order valence-corrected chi connectivity index (χ4v) is 2.77. The summed E-state index contributed by atoms with van der Waals surface area (Å²) in [6.07, 6.45) is 0.101. The van der Waals surface area contributed by atoms with Crippen LogP contribution >= 0.6 is 0 Å². The van der Waals surface area contributed by atoms with Crippen LogP contribution in [0.5, 0.6) is 0 Å². The molecule has 1 heterocycles. The van der Waals surface area contributed by atoms with Gasteiger partial charge in [-0.3, -0.25) is 9.79 Å². The lowest BCUT2D eigenvalue weighted by atomic mass is 9.85. The Balaban J connectivity index is 2.02. The smallest absolute Gasteiger partial charge is 0.327 e. The van der Waals surface area contributed by atoms with Crippen LogP contribution in [-0.2, 0) is 9.59 Å². The van der Waals surface area contributed by atoms with Crippen LogP contribution in [0.4, 0.5) is 4.79 Å². The van der Waals surface area contributed by atoms with Crippen LogP contribution < -0.4 is 11.1 Å². The summed E-state index contributed by atoms with van der Waals surface area (Å²) in [4.78, 5) is 40.5. The first-order chi connectivity index (χ1) is 12.4. The van der Waals surface area contributed by atoms with Gasteiger partial charge in [0.05, 0.1) is 12.0 Å². The molecule has 1 aromatic carbocycles. The van der Waals surface area contributed by atoms with Gasteiger partial charge in [0.25, 0.3) is 0 Å². The van der Waals surface area contributed by atoms with E-state index in [1.165, 1.54) is 0 Å². The number of hydrogen-bond donors (Lipinski definition) is 4. The summed E-state index contributed by atoms with van der Waals surface area (Å²) in [6, 6.07) is 6.73. The third kappa shape index (κ3) is 4.02. The topological polar surface area (TPSA) is 161 Å². The number of imide groups is 1. The van der Waals surface area contributed by atoms with Gasteiger partial charge in [-0.1, -0.05) is 30.3 Å². The van der Waals surface area contributed by atoms with Crippen molar-refractivity contribution in [2.24, 2.45) is 21.8 Å². The number of aliphatic carboxylic acids is 1. The number of carbonyl (C=O) groups is 3. The van der Waals surface area contributed by atoms with E-state index in [9.17, 15) is 19.5 Å². The molecule has 1 fully saturated rings. The predicted octanol–water partition coefficient (Wildman–Crippen LogP) is 1.10. The minimum atomic E-state index is -1.26. The Kier molecular flexibility index (Phi) is 5.99. The molecule has 0 radical (unpaired) electrons. The number of β-lactam (4-membered cyclic amide) rings is 1. The molecule has 10 nitrogen and oxygen atoms in total. The molecule has 1 saturated heterocycles. The van der Waals surface area contributed by atoms with Crippen LogP contribution in [0, 0.1) is 11.4 Å². The number of nitrogens with two attached hydrogens (primary N) is 1. The number of guanidine groups is 1. The van der Waals surface area contributed by atoms with Crippen molar-refractivity contribution in [1.29, 1.82) is 5.53 Å². The maximum absolute atomic E-state index is 12.4. The monoisotopic (exact) mass is 360 g/mol. The first kappa shape index (κ1) is 19.0. The van der Waals surface area contributed by atoms with Gasteiger partial charge in [0, 0.05) is 6.54 Å². The zero-order valence-electron chi connectivity index (χ0n) is 14.1. The first-order valence-electron chi connectivity index (χ1n) is 7.95. The Morgan fingerprint density at radius 1 is 1.38 bits per heavy atom. The number of carboxylic acid groups (broad SMARTS) is 1. The van der Waals surface area contributed by atoms with Crippen molar-refractivity contribution >= 4 is 23.9 Å². The van der Waals surface area contributed by atoms with Crippen LogP contribution in [0.15, 0.2) is 40.4 Å². The molecule has 2 rings (SSSR count). The fraction of sp³-hybridized carbons (Fsp3) is 0.375. The number of amides is 3. The van der Waals surface area contributed by atoms with E-state index in [1.54, 1.807) is 6.92 Å². The van der Waals surface area contributed by atoms with E-state index in [0.717, 1.165) is 5.56 Å². The molecule has 26 heavy (non-hydrogen) atoms.